The van der Waals surface area contributed by atoms with Gasteiger partial charge >= 0.3 is 5.97 Å². The quantitative estimate of drug-likeness (QED) is 0.802. The summed E-state index contributed by atoms with van der Waals surface area (Å²) in [5, 5.41) is 0. The first-order chi connectivity index (χ1) is 10.0. The molecule has 1 saturated heterocycles. The molecular weight excluding hydrogens is 274 g/mol. The molecule has 2 N–H and O–H groups in total. The predicted octanol–water partition coefficient (Wildman–Crippen LogP) is 0.206. The molecule has 0 saturated carbocycles. The summed E-state index contributed by atoms with van der Waals surface area (Å²) in [6, 6.07) is 4.62. The number of nitrogens with zero attached hydrogens (tertiary/aromatic N) is 2. The van der Waals surface area contributed by atoms with Gasteiger partial charge in [-0.3, -0.25) is 9.59 Å². The van der Waals surface area contributed by atoms with Crippen LogP contribution in [0.15, 0.2) is 18.2 Å². The van der Waals surface area contributed by atoms with Crippen molar-refractivity contribution in [1.82, 2.24) is 9.88 Å². The van der Waals surface area contributed by atoms with Gasteiger partial charge in [-0.25, -0.2) is 9.78 Å². The number of hydrogen-bond donors (Lipinski definition) is 1. The molecule has 0 aliphatic carbocycles. The Balaban J connectivity index is 2.07. The van der Waals surface area contributed by atoms with Gasteiger partial charge < -0.3 is 15.4 Å². The van der Waals surface area contributed by atoms with Gasteiger partial charge in [0.15, 0.2) is 0 Å². The minimum Gasteiger partial charge on any atom is -0.464 e. The second kappa shape index (κ2) is 6.34. The number of likely N-dealkylation sites (tertiary alicyclic amines) is 1. The largest absolute Gasteiger partial charge is 0.464 e. The Bertz CT molecular complexity index is 565. The monoisotopic (exact) mass is 291 g/mol. The van der Waals surface area contributed by atoms with Gasteiger partial charge in [0, 0.05) is 19.0 Å². The number of nitrogens with two attached hydrogens (primary N) is 1. The first kappa shape index (κ1) is 15.0. The first-order valence-electron chi connectivity index (χ1n) is 6.67. The summed E-state index contributed by atoms with van der Waals surface area (Å²) < 4.78 is 4.58. The number of ether oxygens (including phenoxy) is 1. The number of esters is 1. The van der Waals surface area contributed by atoms with E-state index in [0.29, 0.717) is 25.9 Å². The molecule has 1 aromatic rings. The number of rotatable bonds is 3. The molecule has 1 fully saturated rings. The van der Waals surface area contributed by atoms with Crippen molar-refractivity contribution in [2.45, 2.75) is 12.8 Å². The van der Waals surface area contributed by atoms with Crippen molar-refractivity contribution >= 4 is 17.8 Å². The number of hydrogen-bond acceptors (Lipinski definition) is 5. The van der Waals surface area contributed by atoms with Gasteiger partial charge in [0.05, 0.1) is 7.11 Å². The number of carbonyl (C=O) groups is 3. The van der Waals surface area contributed by atoms with Crippen LogP contribution in [0.5, 0.6) is 0 Å². The third-order valence-electron chi connectivity index (χ3n) is 3.55. The summed E-state index contributed by atoms with van der Waals surface area (Å²) >= 11 is 0. The molecule has 21 heavy (non-hydrogen) atoms. The predicted molar refractivity (Wildman–Crippen MR) is 73.4 cm³/mol. The maximum Gasteiger partial charge on any atom is 0.356 e. The van der Waals surface area contributed by atoms with E-state index in [2.05, 4.69) is 9.72 Å². The van der Waals surface area contributed by atoms with Crippen LogP contribution in [0.1, 0.15) is 33.8 Å². The van der Waals surface area contributed by atoms with Crippen molar-refractivity contribution in [3.8, 4) is 0 Å². The van der Waals surface area contributed by atoms with Crippen LogP contribution in [0.25, 0.3) is 0 Å². The first-order valence-corrected chi connectivity index (χ1v) is 6.67. The van der Waals surface area contributed by atoms with E-state index in [-0.39, 0.29) is 29.1 Å². The van der Waals surface area contributed by atoms with Crippen LogP contribution >= 0.6 is 0 Å². The maximum absolute atomic E-state index is 12.3. The zero-order chi connectivity index (χ0) is 15.4. The van der Waals surface area contributed by atoms with E-state index < -0.39 is 5.97 Å². The molecule has 0 aromatic carbocycles. The van der Waals surface area contributed by atoms with Gasteiger partial charge in [-0.1, -0.05) is 6.07 Å². The summed E-state index contributed by atoms with van der Waals surface area (Å²) in [6.07, 6.45) is 1.11. The minimum absolute atomic E-state index is 0.0929. The molecule has 2 rings (SSSR count). The van der Waals surface area contributed by atoms with Gasteiger partial charge in [-0.15, -0.1) is 0 Å². The van der Waals surface area contributed by atoms with Crippen LogP contribution in [0.3, 0.4) is 0 Å². The second-order valence-electron chi connectivity index (χ2n) is 4.87. The van der Waals surface area contributed by atoms with Gasteiger partial charge in [-0.2, -0.15) is 0 Å². The Labute approximate surface area is 122 Å². The minimum atomic E-state index is -0.586. The number of carbonyl (C=O) groups excluding carboxylic acids is 3. The number of primary amides is 1. The Hall–Kier alpha value is -2.44. The molecule has 1 aliphatic heterocycles. The van der Waals surface area contributed by atoms with Crippen LogP contribution in [-0.2, 0) is 9.53 Å². The van der Waals surface area contributed by atoms with Crippen molar-refractivity contribution in [3.63, 3.8) is 0 Å². The van der Waals surface area contributed by atoms with Crippen LogP contribution in [-0.4, -0.2) is 47.9 Å². The molecule has 7 nitrogen and oxygen atoms in total. The van der Waals surface area contributed by atoms with Crippen LogP contribution in [0, 0.1) is 5.92 Å². The van der Waals surface area contributed by atoms with Crippen molar-refractivity contribution in [2.24, 2.45) is 11.7 Å². The van der Waals surface area contributed by atoms with Crippen LogP contribution in [0.4, 0.5) is 0 Å². The average molecular weight is 291 g/mol. The third-order valence-corrected chi connectivity index (χ3v) is 3.55. The molecule has 0 unspecified atom stereocenters. The number of pyridine rings is 1. The second-order valence-corrected chi connectivity index (χ2v) is 4.87. The fourth-order valence-electron chi connectivity index (χ4n) is 2.30. The maximum atomic E-state index is 12.3. The molecule has 0 bridgehead atoms. The fraction of sp³-hybridized carbons (Fsp3) is 0.429. The lowest BCUT2D eigenvalue weighted by molar-refractivity contribution is -0.123. The lowest BCUT2D eigenvalue weighted by Gasteiger charge is -2.30. The fourth-order valence-corrected chi connectivity index (χ4v) is 2.30. The highest BCUT2D eigenvalue weighted by atomic mass is 16.5. The average Bonchev–Trinajstić information content (AvgIpc) is 2.53. The summed E-state index contributed by atoms with van der Waals surface area (Å²) in [4.78, 5) is 40.5. The van der Waals surface area contributed by atoms with Crippen LogP contribution < -0.4 is 5.73 Å². The summed E-state index contributed by atoms with van der Waals surface area (Å²) in [5.74, 6) is -1.35. The lowest BCUT2D eigenvalue weighted by atomic mass is 9.96. The van der Waals surface area contributed by atoms with E-state index in [4.69, 9.17) is 5.73 Å². The van der Waals surface area contributed by atoms with Crippen molar-refractivity contribution in [1.29, 1.82) is 0 Å². The highest BCUT2D eigenvalue weighted by molar-refractivity contribution is 5.94. The van der Waals surface area contributed by atoms with Gasteiger partial charge in [0.2, 0.25) is 5.91 Å². The number of methoxy groups -OCH3 is 1. The number of piperidine rings is 1. The molecule has 1 aromatic heterocycles. The van der Waals surface area contributed by atoms with Crippen molar-refractivity contribution in [3.05, 3.63) is 29.6 Å². The van der Waals surface area contributed by atoms with Crippen molar-refractivity contribution in [2.75, 3.05) is 20.2 Å². The Morgan fingerprint density at radius 1 is 1.24 bits per heavy atom. The van der Waals surface area contributed by atoms with Crippen molar-refractivity contribution < 1.29 is 19.1 Å². The Kier molecular flexibility index (Phi) is 4.52. The Morgan fingerprint density at radius 2 is 1.86 bits per heavy atom. The molecule has 1 aliphatic rings. The zero-order valence-electron chi connectivity index (χ0n) is 11.7. The van der Waals surface area contributed by atoms with E-state index in [0.717, 1.165) is 0 Å². The van der Waals surface area contributed by atoms with Gasteiger partial charge in [0.1, 0.15) is 11.4 Å². The summed E-state index contributed by atoms with van der Waals surface area (Å²) in [5.41, 5.74) is 5.55. The standard InChI is InChI=1S/C14H17N3O4/c1-21-14(20)11-4-2-3-10(16-11)13(19)17-7-5-9(6-8-17)12(15)18/h2-4,9H,5-8H2,1H3,(H2,15,18). The molecule has 0 atom stereocenters. The van der Waals surface area contributed by atoms with Crippen LogP contribution in [0.2, 0.25) is 0 Å². The Morgan fingerprint density at radius 3 is 2.43 bits per heavy atom. The number of aromatic nitrogens is 1. The van der Waals surface area contributed by atoms with Gasteiger partial charge in [-0.05, 0) is 25.0 Å². The summed E-state index contributed by atoms with van der Waals surface area (Å²) in [7, 11) is 1.26. The van der Waals surface area contributed by atoms with E-state index in [9.17, 15) is 14.4 Å². The molecule has 112 valence electrons. The highest BCUT2D eigenvalue weighted by Gasteiger charge is 2.27. The smallest absolute Gasteiger partial charge is 0.356 e. The SMILES string of the molecule is COC(=O)c1cccc(C(=O)N2CCC(C(N)=O)CC2)n1. The van der Waals surface area contributed by atoms with E-state index in [1.54, 1.807) is 17.0 Å². The van der Waals surface area contributed by atoms with E-state index in [1.807, 2.05) is 0 Å². The third kappa shape index (κ3) is 3.36. The molecule has 2 amide bonds. The highest BCUT2D eigenvalue weighted by Crippen LogP contribution is 2.18. The van der Waals surface area contributed by atoms with Gasteiger partial charge in [0.25, 0.3) is 5.91 Å². The molecule has 0 radical (unpaired) electrons. The number of amides is 2. The molecule has 2 heterocycles. The molecule has 7 heteroatoms. The zero-order valence-corrected chi connectivity index (χ0v) is 11.7. The normalized spacial score (nSPS) is 15.6. The molecule has 0 spiro atoms. The molecular formula is C14H17N3O4. The van der Waals surface area contributed by atoms with E-state index >= 15 is 0 Å². The summed E-state index contributed by atoms with van der Waals surface area (Å²) in [6.45, 7) is 0.910. The van der Waals surface area contributed by atoms with E-state index in [1.165, 1.54) is 13.2 Å². The topological polar surface area (TPSA) is 103 Å². The lowest BCUT2D eigenvalue weighted by Crippen LogP contribution is -2.42.